The van der Waals surface area contributed by atoms with Gasteiger partial charge in [-0.3, -0.25) is 9.59 Å². The Morgan fingerprint density at radius 2 is 1.76 bits per heavy atom. The molecule has 220 valence electrons. The summed E-state index contributed by atoms with van der Waals surface area (Å²) < 4.78 is 5.59. The molecule has 0 bridgehead atoms. The van der Waals surface area contributed by atoms with Crippen molar-refractivity contribution in [1.82, 2.24) is 10.1 Å². The fourth-order valence-corrected chi connectivity index (χ4v) is 10.7. The van der Waals surface area contributed by atoms with Crippen LogP contribution in [-0.2, 0) is 21.4 Å². The first-order valence-corrected chi connectivity index (χ1v) is 15.5. The van der Waals surface area contributed by atoms with Crippen LogP contribution in [0.15, 0.2) is 27.8 Å². The Labute approximate surface area is 243 Å². The van der Waals surface area contributed by atoms with Crippen molar-refractivity contribution < 1.29 is 19.2 Å². The molecule has 1 N–H and O–H groups in total. The van der Waals surface area contributed by atoms with Crippen LogP contribution in [0.2, 0.25) is 0 Å². The Morgan fingerprint density at radius 1 is 1.05 bits per heavy atom. The second kappa shape index (κ2) is 8.72. The summed E-state index contributed by atoms with van der Waals surface area (Å²) in [6.07, 6.45) is 10.6. The summed E-state index contributed by atoms with van der Waals surface area (Å²) in [4.78, 5) is 32.7. The molecule has 7 nitrogen and oxygen atoms in total. The third-order valence-corrected chi connectivity index (χ3v) is 13.1. The van der Waals surface area contributed by atoms with Gasteiger partial charge in [-0.05, 0) is 79.1 Å². The number of fused-ring (bicyclic) bond motifs is 7. The van der Waals surface area contributed by atoms with Gasteiger partial charge in [0.1, 0.15) is 6.07 Å². The van der Waals surface area contributed by atoms with Gasteiger partial charge >= 0.3 is 0 Å². The van der Waals surface area contributed by atoms with Gasteiger partial charge in [0.25, 0.3) is 0 Å². The van der Waals surface area contributed by atoms with Crippen LogP contribution >= 0.6 is 0 Å². The highest BCUT2D eigenvalue weighted by Crippen LogP contribution is 2.74. The van der Waals surface area contributed by atoms with Gasteiger partial charge in [0.2, 0.25) is 5.89 Å². The molecule has 3 fully saturated rings. The zero-order chi connectivity index (χ0) is 29.8. The van der Waals surface area contributed by atoms with Gasteiger partial charge in [0.05, 0.1) is 18.6 Å². The number of hydrogen-bond donors (Lipinski definition) is 1. The van der Waals surface area contributed by atoms with Crippen molar-refractivity contribution in [2.24, 2.45) is 44.8 Å². The third-order valence-electron chi connectivity index (χ3n) is 13.1. The number of ketones is 2. The number of carbonyl (C=O) groups excluding carboxylic acids is 2. The van der Waals surface area contributed by atoms with Crippen LogP contribution in [0, 0.1) is 56.2 Å². The van der Waals surface area contributed by atoms with E-state index in [4.69, 9.17) is 9.51 Å². The molecule has 0 unspecified atom stereocenters. The first kappa shape index (κ1) is 28.5. The minimum atomic E-state index is -0.669. The van der Waals surface area contributed by atoms with E-state index in [2.05, 4.69) is 45.8 Å². The predicted molar refractivity (Wildman–Crippen MR) is 153 cm³/mol. The summed E-state index contributed by atoms with van der Waals surface area (Å²) in [5.41, 5.74) is -0.633. The van der Waals surface area contributed by atoms with Crippen molar-refractivity contribution in [1.29, 1.82) is 5.26 Å². The van der Waals surface area contributed by atoms with E-state index in [1.807, 2.05) is 26.0 Å². The summed E-state index contributed by atoms with van der Waals surface area (Å²) in [5, 5.41) is 23.9. The average molecular weight is 560 g/mol. The van der Waals surface area contributed by atoms with E-state index in [1.165, 1.54) is 0 Å². The van der Waals surface area contributed by atoms with E-state index >= 15 is 0 Å². The number of aliphatic hydroxyl groups is 1. The molecule has 5 aliphatic rings. The summed E-state index contributed by atoms with van der Waals surface area (Å²) in [7, 11) is 0. The Hall–Kier alpha value is -2.59. The lowest BCUT2D eigenvalue weighted by Crippen LogP contribution is -2.65. The van der Waals surface area contributed by atoms with Gasteiger partial charge in [-0.25, -0.2) is 0 Å². The molecular formula is C34H45N3O4. The first-order valence-electron chi connectivity index (χ1n) is 15.5. The number of rotatable bonds is 3. The summed E-state index contributed by atoms with van der Waals surface area (Å²) >= 11 is 0. The molecule has 41 heavy (non-hydrogen) atoms. The van der Waals surface area contributed by atoms with Crippen LogP contribution in [-0.4, -0.2) is 33.4 Å². The molecule has 0 radical (unpaired) electrons. The highest BCUT2D eigenvalue weighted by Gasteiger charge is 2.70. The van der Waals surface area contributed by atoms with Crippen molar-refractivity contribution in [3.8, 4) is 6.07 Å². The zero-order valence-electron chi connectivity index (χ0n) is 25.8. The second-order valence-corrected chi connectivity index (χ2v) is 15.9. The Morgan fingerprint density at radius 3 is 2.44 bits per heavy atom. The standard InChI is InChI=1S/C34H45N3O4/c1-29(2)11-13-34(28-36-25(9-15-38)41-37-28)14-12-33(7)26(21(34)18-29)22(39)16-24-31(5)17-20(19-35)27(40)30(3,4)23(31)8-10-32(24,33)6/h16-17,21,23,26,38H,8-15,18H2,1-7H3/t21-,23-,26-,31-,32+,33+,34-/m0/s1. The fourth-order valence-electron chi connectivity index (χ4n) is 10.7. The lowest BCUT2D eigenvalue weighted by atomic mass is 9.34. The Bertz CT molecular complexity index is 1430. The molecule has 3 saturated carbocycles. The summed E-state index contributed by atoms with van der Waals surface area (Å²) in [6, 6.07) is 2.19. The lowest BCUT2D eigenvalue weighted by Gasteiger charge is -2.69. The SMILES string of the molecule is CC1(C)CC[C@]2(c3noc(CCO)n3)CC[C@]3(C)[C@H](C(=O)C=C4[C@@]5(C)C=C(C#N)C(=O)C(C)(C)[C@@H]5CC[C@]43C)[C@@H]2C1. The summed E-state index contributed by atoms with van der Waals surface area (Å²) in [6.45, 7) is 15.4. The Balaban J connectivity index is 1.51. The van der Waals surface area contributed by atoms with Gasteiger partial charge in [-0.2, -0.15) is 10.2 Å². The number of hydrogen-bond acceptors (Lipinski definition) is 7. The third kappa shape index (κ3) is 3.58. The van der Waals surface area contributed by atoms with E-state index in [0.717, 1.165) is 50.5 Å². The highest BCUT2D eigenvalue weighted by molar-refractivity contribution is 6.04. The van der Waals surface area contributed by atoms with E-state index in [-0.39, 0.29) is 63.2 Å². The number of allylic oxidation sites excluding steroid dienone is 4. The lowest BCUT2D eigenvalue weighted by molar-refractivity contribution is -0.160. The maximum Gasteiger partial charge on any atom is 0.228 e. The average Bonchev–Trinajstić information content (AvgIpc) is 3.37. The predicted octanol–water partition coefficient (Wildman–Crippen LogP) is 6.08. The van der Waals surface area contributed by atoms with E-state index < -0.39 is 10.8 Å². The van der Waals surface area contributed by atoms with Crippen LogP contribution in [0.5, 0.6) is 0 Å². The van der Waals surface area contributed by atoms with Gasteiger partial charge in [0, 0.05) is 22.2 Å². The molecule has 7 atom stereocenters. The van der Waals surface area contributed by atoms with Crippen molar-refractivity contribution in [2.75, 3.05) is 6.61 Å². The van der Waals surface area contributed by atoms with Crippen LogP contribution in [0.4, 0.5) is 0 Å². The molecule has 1 aromatic rings. The number of aromatic nitrogens is 2. The maximum atomic E-state index is 14.6. The highest BCUT2D eigenvalue weighted by atomic mass is 16.5. The minimum absolute atomic E-state index is 0.0347. The number of nitrogens with zero attached hydrogens (tertiary/aromatic N) is 3. The zero-order valence-corrected chi connectivity index (χ0v) is 25.8. The van der Waals surface area contributed by atoms with E-state index in [1.54, 1.807) is 0 Å². The van der Waals surface area contributed by atoms with Crippen LogP contribution < -0.4 is 0 Å². The van der Waals surface area contributed by atoms with Crippen molar-refractivity contribution in [2.45, 2.75) is 105 Å². The van der Waals surface area contributed by atoms with Gasteiger partial charge in [-0.15, -0.1) is 0 Å². The molecule has 5 aliphatic carbocycles. The molecule has 0 aromatic carbocycles. The van der Waals surface area contributed by atoms with E-state index in [0.29, 0.717) is 18.1 Å². The molecule has 6 rings (SSSR count). The van der Waals surface area contributed by atoms with Crippen LogP contribution in [0.3, 0.4) is 0 Å². The molecule has 1 heterocycles. The molecule has 0 spiro atoms. The molecule has 0 saturated heterocycles. The second-order valence-electron chi connectivity index (χ2n) is 15.9. The van der Waals surface area contributed by atoms with Gasteiger partial charge < -0.3 is 9.63 Å². The van der Waals surface area contributed by atoms with Crippen molar-refractivity contribution in [3.05, 3.63) is 35.0 Å². The van der Waals surface area contributed by atoms with Crippen LogP contribution in [0.1, 0.15) is 105 Å². The topological polar surface area (TPSA) is 117 Å². The first-order chi connectivity index (χ1) is 19.1. The summed E-state index contributed by atoms with van der Waals surface area (Å²) in [5.74, 6) is 1.20. The normalized spacial score (nSPS) is 42.6. The largest absolute Gasteiger partial charge is 0.396 e. The Kier molecular flexibility index (Phi) is 6.07. The molecule has 0 aliphatic heterocycles. The van der Waals surface area contributed by atoms with Crippen molar-refractivity contribution >= 4 is 11.6 Å². The molecule has 0 amide bonds. The smallest absolute Gasteiger partial charge is 0.228 e. The molecular weight excluding hydrogens is 514 g/mol. The monoisotopic (exact) mass is 559 g/mol. The molecule has 1 aromatic heterocycles. The van der Waals surface area contributed by atoms with E-state index in [9.17, 15) is 20.0 Å². The quantitative estimate of drug-likeness (QED) is 0.477. The number of carbonyl (C=O) groups is 2. The number of Topliss-reactive ketones (excluding diaryl/α,β-unsaturated/α-hetero) is 1. The van der Waals surface area contributed by atoms with Gasteiger partial charge in [0.15, 0.2) is 17.4 Å². The number of nitriles is 1. The fraction of sp³-hybridized carbons (Fsp3) is 0.735. The van der Waals surface area contributed by atoms with Crippen LogP contribution in [0.25, 0.3) is 0 Å². The van der Waals surface area contributed by atoms with Gasteiger partial charge in [-0.1, -0.05) is 65.3 Å². The number of aliphatic hydroxyl groups excluding tert-OH is 1. The van der Waals surface area contributed by atoms with Crippen molar-refractivity contribution in [3.63, 3.8) is 0 Å². The minimum Gasteiger partial charge on any atom is -0.396 e. The molecule has 7 heteroatoms. The maximum absolute atomic E-state index is 14.6.